The third-order valence-corrected chi connectivity index (χ3v) is 10.3. The van der Waals surface area contributed by atoms with Crippen molar-refractivity contribution in [3.05, 3.63) is 23.8 Å². The Kier molecular flexibility index (Phi) is 3.28. The van der Waals surface area contributed by atoms with Gasteiger partial charge in [0.15, 0.2) is 21.2 Å². The molecule has 4 atom stereocenters. The molecule has 150 valence electrons. The number of nitriles is 1. The standard InChI is InChI=1S/C20H19N3O4S2/c1-18(9-21)8-20-17(25)22(12-4-5-12)19(2,28-29-20)16(24)23(20)15(18)11-3-6-13-14(7-11)27-10-26-13/h3,6-7,12,15H,4-5,8,10H2,1-2H3/t15?,18-,19-,20?/m1/s1. The van der Waals surface area contributed by atoms with E-state index in [1.54, 1.807) is 4.90 Å². The highest BCUT2D eigenvalue weighted by molar-refractivity contribution is 8.78. The lowest BCUT2D eigenvalue weighted by Gasteiger charge is -2.58. The van der Waals surface area contributed by atoms with Gasteiger partial charge in [0.2, 0.25) is 6.79 Å². The van der Waals surface area contributed by atoms with Gasteiger partial charge in [-0.1, -0.05) is 27.7 Å². The average molecular weight is 430 g/mol. The van der Waals surface area contributed by atoms with Gasteiger partial charge < -0.3 is 19.3 Å². The first-order valence-corrected chi connectivity index (χ1v) is 11.8. The zero-order chi connectivity index (χ0) is 20.2. The normalized spacial score (nSPS) is 39.7. The van der Waals surface area contributed by atoms with E-state index in [-0.39, 0.29) is 24.6 Å². The fourth-order valence-electron chi connectivity index (χ4n) is 5.22. The molecule has 5 aliphatic heterocycles. The molecule has 1 aliphatic carbocycles. The van der Waals surface area contributed by atoms with Crippen LogP contribution in [0, 0.1) is 16.7 Å². The minimum Gasteiger partial charge on any atom is -0.454 e. The Morgan fingerprint density at radius 2 is 1.86 bits per heavy atom. The molecule has 1 aromatic rings. The van der Waals surface area contributed by atoms with Gasteiger partial charge in [0.1, 0.15) is 0 Å². The molecule has 29 heavy (non-hydrogen) atoms. The van der Waals surface area contributed by atoms with E-state index in [2.05, 4.69) is 6.07 Å². The fourth-order valence-corrected chi connectivity index (χ4v) is 8.79. The Morgan fingerprint density at radius 1 is 1.10 bits per heavy atom. The quantitative estimate of drug-likeness (QED) is 0.668. The molecule has 0 radical (unpaired) electrons. The van der Waals surface area contributed by atoms with E-state index in [9.17, 15) is 14.9 Å². The van der Waals surface area contributed by atoms with Crippen molar-refractivity contribution in [1.82, 2.24) is 9.80 Å². The molecule has 2 unspecified atom stereocenters. The van der Waals surface area contributed by atoms with E-state index >= 15 is 0 Å². The van der Waals surface area contributed by atoms with Gasteiger partial charge in [0.05, 0.1) is 17.5 Å². The molecular weight excluding hydrogens is 410 g/mol. The Bertz CT molecular complexity index is 1020. The van der Waals surface area contributed by atoms with Gasteiger partial charge in [-0.2, -0.15) is 5.26 Å². The molecular formula is C20H19N3O4S2. The summed E-state index contributed by atoms with van der Waals surface area (Å²) in [5, 5.41) is 10.2. The minimum atomic E-state index is -1.03. The van der Waals surface area contributed by atoms with Crippen molar-refractivity contribution in [3.63, 3.8) is 0 Å². The van der Waals surface area contributed by atoms with Crippen LogP contribution in [0.15, 0.2) is 18.2 Å². The maximum atomic E-state index is 13.8. The van der Waals surface area contributed by atoms with Gasteiger partial charge in [-0.15, -0.1) is 0 Å². The molecule has 1 aromatic carbocycles. The summed E-state index contributed by atoms with van der Waals surface area (Å²) in [5.41, 5.74) is -0.0896. The second kappa shape index (κ2) is 5.35. The van der Waals surface area contributed by atoms with E-state index in [1.807, 2.05) is 36.9 Å². The smallest absolute Gasteiger partial charge is 0.261 e. The monoisotopic (exact) mass is 429 g/mol. The number of hydrogen-bond donors (Lipinski definition) is 0. The van der Waals surface area contributed by atoms with Crippen molar-refractivity contribution in [2.24, 2.45) is 5.41 Å². The average Bonchev–Trinajstić information content (AvgIpc) is 3.34. The molecule has 9 heteroatoms. The first-order valence-electron chi connectivity index (χ1n) is 9.69. The largest absolute Gasteiger partial charge is 0.454 e. The van der Waals surface area contributed by atoms with Crippen molar-refractivity contribution >= 4 is 33.4 Å². The molecule has 1 spiro atoms. The highest BCUT2D eigenvalue weighted by atomic mass is 33.1. The second-order valence-corrected chi connectivity index (χ2v) is 11.5. The number of fused-ring (bicyclic) bond motifs is 3. The fraction of sp³-hybridized carbons (Fsp3) is 0.550. The van der Waals surface area contributed by atoms with E-state index in [4.69, 9.17) is 9.47 Å². The molecule has 2 amide bonds. The van der Waals surface area contributed by atoms with Crippen LogP contribution in [0.2, 0.25) is 0 Å². The summed E-state index contributed by atoms with van der Waals surface area (Å²) in [6.45, 7) is 3.87. The van der Waals surface area contributed by atoms with Crippen LogP contribution in [-0.4, -0.2) is 44.2 Å². The Morgan fingerprint density at radius 3 is 2.59 bits per heavy atom. The second-order valence-electron chi connectivity index (χ2n) is 8.74. The van der Waals surface area contributed by atoms with Crippen LogP contribution in [0.25, 0.3) is 0 Å². The lowest BCUT2D eigenvalue weighted by atomic mass is 9.79. The number of ether oxygens (including phenoxy) is 2. The van der Waals surface area contributed by atoms with Gasteiger partial charge in [-0.3, -0.25) is 9.59 Å². The number of rotatable bonds is 2. The predicted octanol–water partition coefficient (Wildman–Crippen LogP) is 3.03. The minimum absolute atomic E-state index is 0.0180. The molecule has 4 saturated heterocycles. The van der Waals surface area contributed by atoms with E-state index in [0.29, 0.717) is 17.9 Å². The van der Waals surface area contributed by atoms with Crippen molar-refractivity contribution in [3.8, 4) is 17.6 Å². The maximum Gasteiger partial charge on any atom is 0.261 e. The number of benzene rings is 1. The third kappa shape index (κ3) is 2.01. The molecule has 0 aromatic heterocycles. The van der Waals surface area contributed by atoms with Gasteiger partial charge in [-0.05, 0) is 44.4 Å². The van der Waals surface area contributed by atoms with Crippen LogP contribution in [0.3, 0.4) is 0 Å². The van der Waals surface area contributed by atoms with Gasteiger partial charge >= 0.3 is 0 Å². The van der Waals surface area contributed by atoms with Gasteiger partial charge in [0, 0.05) is 12.5 Å². The molecule has 6 aliphatic rings. The number of amides is 2. The highest BCUT2D eigenvalue weighted by Gasteiger charge is 2.76. The molecule has 5 heterocycles. The lowest BCUT2D eigenvalue weighted by Crippen LogP contribution is -2.75. The SMILES string of the molecule is C[C@]1(C#N)CC23SS[C@](C)(C(=O)N2C1c1ccc2c(c1)OCO2)N(C1CC1)C3=O. The summed E-state index contributed by atoms with van der Waals surface area (Å²) < 4.78 is 10.9. The van der Waals surface area contributed by atoms with Crippen molar-refractivity contribution in [2.75, 3.05) is 6.79 Å². The first kappa shape index (κ1) is 17.8. The zero-order valence-corrected chi connectivity index (χ0v) is 17.6. The van der Waals surface area contributed by atoms with Crippen LogP contribution in [-0.2, 0) is 9.59 Å². The molecule has 1 saturated carbocycles. The Balaban J connectivity index is 1.53. The number of carbonyl (C=O) groups is 2. The van der Waals surface area contributed by atoms with Crippen molar-refractivity contribution in [1.29, 1.82) is 5.26 Å². The summed E-state index contributed by atoms with van der Waals surface area (Å²) in [6.07, 6.45) is 2.20. The van der Waals surface area contributed by atoms with Crippen molar-refractivity contribution < 1.29 is 19.1 Å². The maximum absolute atomic E-state index is 13.8. The van der Waals surface area contributed by atoms with Crippen molar-refractivity contribution in [2.45, 2.75) is 54.9 Å². The summed E-state index contributed by atoms with van der Waals surface area (Å²) in [5.74, 6) is 1.17. The third-order valence-electron chi connectivity index (χ3n) is 6.71. The molecule has 7 rings (SSSR count). The van der Waals surface area contributed by atoms with Crippen LogP contribution in [0.5, 0.6) is 11.5 Å². The van der Waals surface area contributed by atoms with Gasteiger partial charge in [0.25, 0.3) is 11.8 Å². The topological polar surface area (TPSA) is 82.9 Å². The van der Waals surface area contributed by atoms with Crippen LogP contribution in [0.1, 0.15) is 44.7 Å². The van der Waals surface area contributed by atoms with Crippen LogP contribution >= 0.6 is 21.6 Å². The summed E-state index contributed by atoms with van der Waals surface area (Å²) in [7, 11) is 2.93. The van der Waals surface area contributed by atoms with Crippen LogP contribution in [0.4, 0.5) is 0 Å². The predicted molar refractivity (Wildman–Crippen MR) is 107 cm³/mol. The van der Waals surface area contributed by atoms with E-state index < -0.39 is 21.2 Å². The Hall–Kier alpha value is -2.05. The first-order chi connectivity index (χ1) is 13.8. The summed E-state index contributed by atoms with van der Waals surface area (Å²) in [4.78, 5) is 29.1. The Labute approximate surface area is 176 Å². The number of carbonyl (C=O) groups excluding carboxylic acids is 2. The summed E-state index contributed by atoms with van der Waals surface area (Å²) >= 11 is 0. The summed E-state index contributed by atoms with van der Waals surface area (Å²) in [6, 6.07) is 7.61. The number of nitrogens with zero attached hydrogens (tertiary/aromatic N) is 3. The molecule has 0 N–H and O–H groups in total. The molecule has 5 fully saturated rings. The molecule has 2 bridgehead atoms. The van der Waals surface area contributed by atoms with Crippen LogP contribution < -0.4 is 9.47 Å². The lowest BCUT2D eigenvalue weighted by molar-refractivity contribution is -0.166. The highest BCUT2D eigenvalue weighted by Crippen LogP contribution is 2.70. The number of hydrogen-bond acceptors (Lipinski definition) is 7. The van der Waals surface area contributed by atoms with E-state index in [0.717, 1.165) is 18.4 Å². The molecule has 7 nitrogen and oxygen atoms in total. The number of piperazine rings is 1. The van der Waals surface area contributed by atoms with Gasteiger partial charge in [-0.25, -0.2) is 0 Å². The van der Waals surface area contributed by atoms with E-state index in [1.165, 1.54) is 21.6 Å². The zero-order valence-electron chi connectivity index (χ0n) is 16.0.